The first-order chi connectivity index (χ1) is 10.0. The minimum Gasteiger partial charge on any atom is -0.491 e. The molecule has 21 heavy (non-hydrogen) atoms. The third kappa shape index (κ3) is 3.69. The quantitative estimate of drug-likeness (QED) is 0.897. The van der Waals surface area contributed by atoms with Gasteiger partial charge in [0.25, 0.3) is 5.91 Å². The van der Waals surface area contributed by atoms with Gasteiger partial charge < -0.3 is 15.2 Å². The van der Waals surface area contributed by atoms with Crippen LogP contribution in [-0.2, 0) is 0 Å². The largest absolute Gasteiger partial charge is 0.491 e. The van der Waals surface area contributed by atoms with Crippen molar-refractivity contribution in [2.45, 2.75) is 44.8 Å². The number of halogens is 2. The van der Waals surface area contributed by atoms with Crippen LogP contribution in [0.15, 0.2) is 12.1 Å². The van der Waals surface area contributed by atoms with Gasteiger partial charge in [-0.25, -0.2) is 8.78 Å². The Morgan fingerprint density at radius 3 is 2.62 bits per heavy atom. The van der Waals surface area contributed by atoms with Crippen LogP contribution >= 0.6 is 0 Å². The molecule has 0 spiro atoms. The van der Waals surface area contributed by atoms with Crippen LogP contribution < -0.4 is 10.1 Å². The zero-order chi connectivity index (χ0) is 15.4. The molecule has 0 bridgehead atoms. The number of ether oxygens (including phenoxy) is 1. The summed E-state index contributed by atoms with van der Waals surface area (Å²) in [4.78, 5) is 12.1. The van der Waals surface area contributed by atoms with E-state index in [9.17, 15) is 18.7 Å². The molecule has 0 radical (unpaired) electrons. The van der Waals surface area contributed by atoms with Crippen molar-refractivity contribution in [3.63, 3.8) is 0 Å². The maximum Gasteiger partial charge on any atom is 0.257 e. The molecule has 4 nitrogen and oxygen atoms in total. The average molecular weight is 299 g/mol. The Morgan fingerprint density at radius 2 is 2.00 bits per heavy atom. The Hall–Kier alpha value is -1.69. The van der Waals surface area contributed by atoms with E-state index < -0.39 is 23.1 Å². The first-order valence-corrected chi connectivity index (χ1v) is 7.12. The van der Waals surface area contributed by atoms with E-state index in [4.69, 9.17) is 4.74 Å². The third-order valence-electron chi connectivity index (χ3n) is 3.61. The number of carbonyl (C=O) groups excluding carboxylic acids is 1. The highest BCUT2D eigenvalue weighted by atomic mass is 19.1. The second kappa shape index (κ2) is 6.85. The van der Waals surface area contributed by atoms with Crippen LogP contribution in [0.25, 0.3) is 0 Å². The average Bonchev–Trinajstić information content (AvgIpc) is 2.45. The maximum atomic E-state index is 14.1. The van der Waals surface area contributed by atoms with Crippen molar-refractivity contribution >= 4 is 5.91 Å². The molecule has 0 heterocycles. The highest BCUT2D eigenvalue weighted by Crippen LogP contribution is 2.24. The van der Waals surface area contributed by atoms with Crippen molar-refractivity contribution in [3.8, 4) is 5.75 Å². The number of benzene rings is 1. The summed E-state index contributed by atoms with van der Waals surface area (Å²) in [6.45, 7) is 1.90. The van der Waals surface area contributed by atoms with Gasteiger partial charge in [0.2, 0.25) is 0 Å². The van der Waals surface area contributed by atoms with Crippen molar-refractivity contribution in [2.24, 2.45) is 0 Å². The maximum absolute atomic E-state index is 14.1. The predicted molar refractivity (Wildman–Crippen MR) is 73.3 cm³/mol. The molecule has 1 aromatic rings. The van der Waals surface area contributed by atoms with Gasteiger partial charge in [-0.2, -0.15) is 0 Å². The van der Waals surface area contributed by atoms with E-state index in [1.807, 2.05) is 0 Å². The van der Waals surface area contributed by atoms with E-state index in [0.29, 0.717) is 25.7 Å². The number of aliphatic hydroxyl groups is 1. The van der Waals surface area contributed by atoms with Crippen LogP contribution in [-0.4, -0.2) is 29.8 Å². The second-order valence-electron chi connectivity index (χ2n) is 5.15. The lowest BCUT2D eigenvalue weighted by atomic mass is 9.93. The zero-order valence-electron chi connectivity index (χ0n) is 11.9. The molecule has 0 aliphatic heterocycles. The summed E-state index contributed by atoms with van der Waals surface area (Å²) in [5, 5.41) is 12.0. The standard InChI is InChI=1S/C15H19F2NO3/c1-2-21-12-8-7-11(16)13(14(12)17)15(20)18-9-3-5-10(19)6-4-9/h7-10,19H,2-6H2,1H3,(H,18,20). The summed E-state index contributed by atoms with van der Waals surface area (Å²) < 4.78 is 32.9. The fraction of sp³-hybridized carbons (Fsp3) is 0.533. The number of aliphatic hydroxyl groups excluding tert-OH is 1. The molecule has 6 heteroatoms. The molecular weight excluding hydrogens is 280 g/mol. The van der Waals surface area contributed by atoms with Gasteiger partial charge in [0, 0.05) is 6.04 Å². The van der Waals surface area contributed by atoms with Crippen LogP contribution in [0.3, 0.4) is 0 Å². The monoisotopic (exact) mass is 299 g/mol. The Labute approximate surface area is 122 Å². The van der Waals surface area contributed by atoms with Crippen LogP contribution in [0, 0.1) is 11.6 Å². The van der Waals surface area contributed by atoms with Gasteiger partial charge in [-0.05, 0) is 44.7 Å². The van der Waals surface area contributed by atoms with Crippen LogP contribution in [0.1, 0.15) is 43.0 Å². The van der Waals surface area contributed by atoms with Gasteiger partial charge in [0.05, 0.1) is 12.7 Å². The van der Waals surface area contributed by atoms with Gasteiger partial charge >= 0.3 is 0 Å². The van der Waals surface area contributed by atoms with Crippen molar-refractivity contribution in [2.75, 3.05) is 6.61 Å². The molecule has 1 aromatic carbocycles. The van der Waals surface area contributed by atoms with Gasteiger partial charge in [0.15, 0.2) is 11.6 Å². The van der Waals surface area contributed by atoms with Gasteiger partial charge in [0.1, 0.15) is 11.4 Å². The molecule has 0 saturated heterocycles. The summed E-state index contributed by atoms with van der Waals surface area (Å²) in [5.74, 6) is -2.81. The van der Waals surface area contributed by atoms with E-state index in [1.54, 1.807) is 6.92 Å². The summed E-state index contributed by atoms with van der Waals surface area (Å²) in [6, 6.07) is 2.02. The normalized spacial score (nSPS) is 21.9. The number of rotatable bonds is 4. The van der Waals surface area contributed by atoms with Crippen LogP contribution in [0.5, 0.6) is 5.75 Å². The third-order valence-corrected chi connectivity index (χ3v) is 3.61. The molecule has 1 fully saturated rings. The van der Waals surface area contributed by atoms with Crippen molar-refractivity contribution in [1.29, 1.82) is 0 Å². The summed E-state index contributed by atoms with van der Waals surface area (Å²) in [6.07, 6.45) is 2.00. The van der Waals surface area contributed by atoms with E-state index >= 15 is 0 Å². The zero-order valence-corrected chi connectivity index (χ0v) is 11.9. The molecule has 1 aliphatic rings. The molecule has 116 valence electrons. The number of hydrogen-bond donors (Lipinski definition) is 2. The van der Waals surface area contributed by atoms with Crippen LogP contribution in [0.4, 0.5) is 8.78 Å². The molecule has 1 aliphatic carbocycles. The van der Waals surface area contributed by atoms with Crippen molar-refractivity contribution < 1.29 is 23.4 Å². The van der Waals surface area contributed by atoms with Crippen LogP contribution in [0.2, 0.25) is 0 Å². The number of nitrogens with one attached hydrogen (secondary N) is 1. The van der Waals surface area contributed by atoms with Gasteiger partial charge in [-0.15, -0.1) is 0 Å². The molecule has 2 rings (SSSR count). The summed E-state index contributed by atoms with van der Waals surface area (Å²) in [5.41, 5.74) is -0.618. The highest BCUT2D eigenvalue weighted by Gasteiger charge is 2.25. The lowest BCUT2D eigenvalue weighted by Gasteiger charge is -2.26. The topological polar surface area (TPSA) is 58.6 Å². The predicted octanol–water partition coefficient (Wildman–Crippen LogP) is 2.40. The van der Waals surface area contributed by atoms with Gasteiger partial charge in [-0.3, -0.25) is 4.79 Å². The highest BCUT2D eigenvalue weighted by molar-refractivity contribution is 5.95. The first kappa shape index (κ1) is 15.7. The van der Waals surface area contributed by atoms with E-state index in [2.05, 4.69) is 5.32 Å². The Morgan fingerprint density at radius 1 is 1.33 bits per heavy atom. The Bertz CT molecular complexity index is 514. The van der Waals surface area contributed by atoms with Crippen molar-refractivity contribution in [1.82, 2.24) is 5.32 Å². The molecule has 0 aromatic heterocycles. The molecule has 0 unspecified atom stereocenters. The summed E-state index contributed by atoms with van der Waals surface area (Å²) >= 11 is 0. The van der Waals surface area contributed by atoms with Gasteiger partial charge in [-0.1, -0.05) is 0 Å². The smallest absolute Gasteiger partial charge is 0.257 e. The Kier molecular flexibility index (Phi) is 5.12. The number of amides is 1. The molecule has 2 N–H and O–H groups in total. The lowest BCUT2D eigenvalue weighted by molar-refractivity contribution is 0.0859. The molecule has 0 atom stereocenters. The number of carbonyl (C=O) groups is 1. The first-order valence-electron chi connectivity index (χ1n) is 7.12. The van der Waals surface area contributed by atoms with Crippen molar-refractivity contribution in [3.05, 3.63) is 29.3 Å². The SMILES string of the molecule is CCOc1ccc(F)c(C(=O)NC2CCC(O)CC2)c1F. The minimum absolute atomic E-state index is 0.136. The van der Waals surface area contributed by atoms with E-state index in [-0.39, 0.29) is 24.5 Å². The summed E-state index contributed by atoms with van der Waals surface area (Å²) in [7, 11) is 0. The van der Waals surface area contributed by atoms with E-state index in [1.165, 1.54) is 6.07 Å². The minimum atomic E-state index is -0.981. The fourth-order valence-corrected chi connectivity index (χ4v) is 2.49. The second-order valence-corrected chi connectivity index (χ2v) is 5.15. The molecule has 1 saturated carbocycles. The van der Waals surface area contributed by atoms with E-state index in [0.717, 1.165) is 6.07 Å². The molecule has 1 amide bonds. The number of hydrogen-bond acceptors (Lipinski definition) is 3. The fourth-order valence-electron chi connectivity index (χ4n) is 2.49. The Balaban J connectivity index is 2.13. The molecular formula is C15H19F2NO3. The lowest BCUT2D eigenvalue weighted by Crippen LogP contribution is -2.39.